The maximum Gasteiger partial charge on any atom is 0.251 e. The Morgan fingerprint density at radius 1 is 1.07 bits per heavy atom. The molecule has 0 radical (unpaired) electrons. The number of hydrogen-bond donors (Lipinski definition) is 1. The lowest BCUT2D eigenvalue weighted by Gasteiger charge is -2.34. The van der Waals surface area contributed by atoms with Gasteiger partial charge in [0.15, 0.2) is 0 Å². The summed E-state index contributed by atoms with van der Waals surface area (Å²) in [4.78, 5) is 15.6. The van der Waals surface area contributed by atoms with Gasteiger partial charge in [0.25, 0.3) is 5.91 Å². The minimum Gasteiger partial charge on any atom is -0.348 e. The number of likely N-dealkylation sites (tertiary alicyclic amines) is 1. The highest BCUT2D eigenvalue weighted by Crippen LogP contribution is 2.30. The molecule has 0 saturated carbocycles. The molecule has 222 valence electrons. The van der Waals surface area contributed by atoms with Crippen LogP contribution in [0.25, 0.3) is 17.3 Å². The molecule has 10 heteroatoms. The summed E-state index contributed by atoms with van der Waals surface area (Å²) in [6, 6.07) is 13.5. The molecule has 0 atom stereocenters. The Hall–Kier alpha value is -3.60. The maximum absolute atomic E-state index is 13.5. The number of aromatic nitrogens is 2. The topological polar surface area (TPSA) is 87.5 Å². The van der Waals surface area contributed by atoms with Gasteiger partial charge in [0, 0.05) is 30.8 Å². The predicted molar refractivity (Wildman–Crippen MR) is 164 cm³/mol. The second-order valence-corrected chi connectivity index (χ2v) is 13.1. The van der Waals surface area contributed by atoms with Crippen LogP contribution in [0, 0.1) is 5.82 Å². The van der Waals surface area contributed by atoms with Crippen LogP contribution >= 0.6 is 0 Å². The maximum atomic E-state index is 13.5. The Morgan fingerprint density at radius 2 is 1.74 bits per heavy atom. The van der Waals surface area contributed by atoms with E-state index in [1.807, 2.05) is 30.3 Å². The van der Waals surface area contributed by atoms with Crippen molar-refractivity contribution in [2.75, 3.05) is 27.2 Å². The quantitative estimate of drug-likeness (QED) is 0.388. The summed E-state index contributed by atoms with van der Waals surface area (Å²) < 4.78 is 42.9. The SMILES string of the molecule is CCC1=Cc2c(cnn2-c2ccc(F)cc2)C(C(=O)NCc2ccc(CS(=O)(=O)N(C)C3CCN(C)CC3)cc2)=CC1. The molecular formula is C32H38FN5O3S. The lowest BCUT2D eigenvalue weighted by atomic mass is 10.1. The molecule has 0 bridgehead atoms. The number of allylic oxidation sites excluding steroid dienone is 2. The first-order valence-corrected chi connectivity index (χ1v) is 16.0. The van der Waals surface area contributed by atoms with E-state index in [9.17, 15) is 17.6 Å². The first-order valence-electron chi connectivity index (χ1n) is 14.4. The summed E-state index contributed by atoms with van der Waals surface area (Å²) in [6.07, 6.45) is 8.82. The van der Waals surface area contributed by atoms with E-state index < -0.39 is 10.0 Å². The lowest BCUT2D eigenvalue weighted by molar-refractivity contribution is -0.115. The fourth-order valence-corrected chi connectivity index (χ4v) is 6.96. The van der Waals surface area contributed by atoms with Gasteiger partial charge >= 0.3 is 0 Å². The van der Waals surface area contributed by atoms with Crippen LogP contribution in [0.5, 0.6) is 0 Å². The summed E-state index contributed by atoms with van der Waals surface area (Å²) in [5, 5.41) is 7.53. The van der Waals surface area contributed by atoms with Crippen LogP contribution in [0.3, 0.4) is 0 Å². The first-order chi connectivity index (χ1) is 20.1. The van der Waals surface area contributed by atoms with Crippen LogP contribution in [0.2, 0.25) is 0 Å². The molecule has 0 unspecified atom stereocenters. The zero-order valence-corrected chi connectivity index (χ0v) is 25.2. The number of halogens is 1. The fraction of sp³-hybridized carbons (Fsp3) is 0.375. The van der Waals surface area contributed by atoms with E-state index in [4.69, 9.17) is 0 Å². The monoisotopic (exact) mass is 591 g/mol. The van der Waals surface area contributed by atoms with E-state index in [0.29, 0.717) is 29.8 Å². The number of nitrogens with one attached hydrogen (secondary N) is 1. The van der Waals surface area contributed by atoms with Crippen molar-refractivity contribution in [1.29, 1.82) is 0 Å². The summed E-state index contributed by atoms with van der Waals surface area (Å²) in [6.45, 7) is 4.17. The third kappa shape index (κ3) is 6.72. The highest BCUT2D eigenvalue weighted by molar-refractivity contribution is 7.88. The number of amides is 1. The molecular weight excluding hydrogens is 553 g/mol. The first kappa shape index (κ1) is 29.9. The van der Waals surface area contributed by atoms with Crippen molar-refractivity contribution in [3.63, 3.8) is 0 Å². The minimum absolute atomic E-state index is 0.0332. The summed E-state index contributed by atoms with van der Waals surface area (Å²) in [7, 11) is 0.308. The largest absolute Gasteiger partial charge is 0.348 e. The Labute approximate surface area is 247 Å². The van der Waals surface area contributed by atoms with Gasteiger partial charge in [-0.05, 0) is 87.3 Å². The number of nitrogens with zero attached hydrogens (tertiary/aromatic N) is 4. The molecule has 42 heavy (non-hydrogen) atoms. The number of benzene rings is 2. The van der Waals surface area contributed by atoms with Gasteiger partial charge in [-0.3, -0.25) is 4.79 Å². The van der Waals surface area contributed by atoms with Crippen molar-refractivity contribution >= 4 is 27.6 Å². The van der Waals surface area contributed by atoms with Crippen molar-refractivity contribution in [1.82, 2.24) is 24.3 Å². The molecule has 2 aromatic carbocycles. The van der Waals surface area contributed by atoms with Crippen molar-refractivity contribution in [2.45, 2.75) is 50.9 Å². The Bertz CT molecular complexity index is 1590. The minimum atomic E-state index is -3.44. The van der Waals surface area contributed by atoms with E-state index in [1.54, 1.807) is 34.4 Å². The van der Waals surface area contributed by atoms with E-state index >= 15 is 0 Å². The normalized spacial score (nSPS) is 16.5. The van der Waals surface area contributed by atoms with E-state index in [2.05, 4.69) is 35.4 Å². The average Bonchev–Trinajstić information content (AvgIpc) is 3.29. The number of hydrogen-bond acceptors (Lipinski definition) is 5. The van der Waals surface area contributed by atoms with Crippen LogP contribution in [-0.4, -0.2) is 66.5 Å². The number of rotatable bonds is 9. The summed E-state index contributed by atoms with van der Waals surface area (Å²) in [5.74, 6) is -0.591. The Morgan fingerprint density at radius 3 is 2.40 bits per heavy atom. The van der Waals surface area contributed by atoms with Crippen molar-refractivity contribution < 1.29 is 17.6 Å². The van der Waals surface area contributed by atoms with Crippen LogP contribution in [-0.2, 0) is 27.1 Å². The van der Waals surface area contributed by atoms with Gasteiger partial charge in [0.05, 0.1) is 23.3 Å². The number of fused-ring (bicyclic) bond motifs is 1. The van der Waals surface area contributed by atoms with Crippen LogP contribution in [0.1, 0.15) is 55.0 Å². The number of sulfonamides is 1. The molecule has 1 aromatic heterocycles. The van der Waals surface area contributed by atoms with Gasteiger partial charge < -0.3 is 10.2 Å². The second-order valence-electron chi connectivity index (χ2n) is 11.1. The highest BCUT2D eigenvalue weighted by Gasteiger charge is 2.29. The molecule has 1 fully saturated rings. The van der Waals surface area contributed by atoms with Crippen molar-refractivity contribution in [3.8, 4) is 5.69 Å². The van der Waals surface area contributed by atoms with Gasteiger partial charge in [-0.2, -0.15) is 5.10 Å². The molecule has 8 nitrogen and oxygen atoms in total. The van der Waals surface area contributed by atoms with Crippen LogP contribution < -0.4 is 5.32 Å². The molecule has 1 saturated heterocycles. The number of piperidine rings is 1. The molecule has 1 aliphatic heterocycles. The smallest absolute Gasteiger partial charge is 0.251 e. The van der Waals surface area contributed by atoms with Crippen LogP contribution in [0.4, 0.5) is 4.39 Å². The van der Waals surface area contributed by atoms with Crippen LogP contribution in [0.15, 0.2) is 66.4 Å². The fourth-order valence-electron chi connectivity index (χ4n) is 5.48. The van der Waals surface area contributed by atoms with Gasteiger partial charge in [0.1, 0.15) is 5.82 Å². The number of carbonyl (C=O) groups is 1. The molecule has 0 spiro atoms. The standard InChI is InChI=1S/C32H38FN5O3S/c1-4-23-9-14-29(30-21-35-38(31(30)19-23)28-12-10-26(33)11-13-28)32(39)34-20-24-5-7-25(8-6-24)22-42(40,41)37(3)27-15-17-36(2)18-16-27/h5-8,10-14,19,21,27H,4,9,15-18,20,22H2,1-3H3,(H,34,39). The third-order valence-corrected chi connectivity index (χ3v) is 10.1. The zero-order chi connectivity index (χ0) is 29.9. The zero-order valence-electron chi connectivity index (χ0n) is 24.4. The van der Waals surface area contributed by atoms with Crippen molar-refractivity contribution in [2.24, 2.45) is 0 Å². The molecule has 1 N–H and O–H groups in total. The Kier molecular flexibility index (Phi) is 9.05. The van der Waals surface area contributed by atoms with E-state index in [1.165, 1.54) is 12.1 Å². The average molecular weight is 592 g/mol. The summed E-state index contributed by atoms with van der Waals surface area (Å²) in [5.41, 5.74) is 5.50. The van der Waals surface area contributed by atoms with E-state index in [-0.39, 0.29) is 23.5 Å². The summed E-state index contributed by atoms with van der Waals surface area (Å²) >= 11 is 0. The Balaban J connectivity index is 1.25. The molecule has 5 rings (SSSR count). The molecule has 2 heterocycles. The van der Waals surface area contributed by atoms with Gasteiger partial charge in [0.2, 0.25) is 10.0 Å². The predicted octanol–water partition coefficient (Wildman–Crippen LogP) is 4.76. The number of carbonyl (C=O) groups excluding carboxylic acids is 1. The van der Waals surface area contributed by atoms with E-state index in [0.717, 1.165) is 54.7 Å². The molecule has 2 aliphatic rings. The highest BCUT2D eigenvalue weighted by atomic mass is 32.2. The lowest BCUT2D eigenvalue weighted by Crippen LogP contribution is -2.44. The molecule has 1 aliphatic carbocycles. The van der Waals surface area contributed by atoms with Gasteiger partial charge in [-0.1, -0.05) is 42.8 Å². The molecule has 1 amide bonds. The second kappa shape index (κ2) is 12.7. The molecule has 3 aromatic rings. The third-order valence-electron chi connectivity index (χ3n) is 8.24. The van der Waals surface area contributed by atoms with Gasteiger partial charge in [-0.15, -0.1) is 0 Å². The van der Waals surface area contributed by atoms with Crippen molar-refractivity contribution in [3.05, 3.63) is 94.6 Å². The van der Waals surface area contributed by atoms with Gasteiger partial charge in [-0.25, -0.2) is 21.8 Å².